The van der Waals surface area contributed by atoms with Crippen molar-refractivity contribution in [3.8, 4) is 5.75 Å². The Kier molecular flexibility index (Phi) is 8.27. The lowest BCUT2D eigenvalue weighted by Gasteiger charge is -2.12. The van der Waals surface area contributed by atoms with Gasteiger partial charge in [0.1, 0.15) is 23.0 Å². The second kappa shape index (κ2) is 11.6. The molecule has 2 aromatic carbocycles. The quantitative estimate of drug-likeness (QED) is 0.203. The minimum Gasteiger partial charge on any atom is -0.481 e. The van der Waals surface area contributed by atoms with Crippen molar-refractivity contribution in [2.24, 2.45) is 0 Å². The highest BCUT2D eigenvalue weighted by atomic mass is 79.9. The van der Waals surface area contributed by atoms with Gasteiger partial charge in [0, 0.05) is 0 Å². The molecule has 0 radical (unpaired) electrons. The number of rotatable bonds is 8. The van der Waals surface area contributed by atoms with Gasteiger partial charge in [0.2, 0.25) is 5.76 Å². The second-order valence-corrected chi connectivity index (χ2v) is 9.48. The Morgan fingerprint density at radius 1 is 1.13 bits per heavy atom. The summed E-state index contributed by atoms with van der Waals surface area (Å²) >= 11 is 6.74. The van der Waals surface area contributed by atoms with Crippen molar-refractivity contribution in [1.82, 2.24) is 10.2 Å². The number of nitrogens with one attached hydrogen (secondary N) is 2. The molecule has 1 aromatic heterocycles. The number of nitrogens with zero attached hydrogens (tertiary/aromatic N) is 1. The van der Waals surface area contributed by atoms with E-state index in [0.717, 1.165) is 4.90 Å². The molecule has 0 aliphatic carbocycles. The van der Waals surface area contributed by atoms with Crippen LogP contribution < -0.4 is 15.4 Å². The summed E-state index contributed by atoms with van der Waals surface area (Å²) in [5, 5.41) is 4.93. The fourth-order valence-corrected chi connectivity index (χ4v) is 4.85. The van der Waals surface area contributed by atoms with Crippen LogP contribution in [0.15, 0.2) is 67.6 Å². The highest BCUT2D eigenvalue weighted by Gasteiger charge is 2.34. The zero-order valence-corrected chi connectivity index (χ0v) is 22.7. The van der Waals surface area contributed by atoms with Crippen LogP contribution in [-0.2, 0) is 20.9 Å². The number of esters is 1. The van der Waals surface area contributed by atoms with Crippen molar-refractivity contribution in [1.29, 1.82) is 0 Å². The molecule has 10 nitrogen and oxygen atoms in total. The van der Waals surface area contributed by atoms with Crippen LogP contribution in [0.2, 0.25) is 0 Å². The molecule has 4 amide bonds. The molecular weight excluding hydrogens is 633 g/mol. The van der Waals surface area contributed by atoms with Gasteiger partial charge in [-0.25, -0.2) is 14.0 Å². The van der Waals surface area contributed by atoms with Gasteiger partial charge in [-0.05, 0) is 79.9 Å². The minimum atomic E-state index is -0.677. The first-order valence-corrected chi connectivity index (χ1v) is 12.4. The van der Waals surface area contributed by atoms with Crippen LogP contribution in [0.4, 0.5) is 14.9 Å². The number of methoxy groups -OCH3 is 1. The highest BCUT2D eigenvalue weighted by Crippen LogP contribution is 2.35. The SMILES string of the molecule is COC(=O)c1ccc(CN2C(=O)N/C(=C\c3cc(Br)c(OCC(=O)Nc4ccccc4F)c(Br)c3)C2=O)o1. The molecule has 1 saturated heterocycles. The predicted octanol–water partition coefficient (Wildman–Crippen LogP) is 4.84. The molecule has 3 aromatic rings. The van der Waals surface area contributed by atoms with Crippen molar-refractivity contribution in [3.05, 3.63) is 86.1 Å². The van der Waals surface area contributed by atoms with E-state index in [1.807, 2.05) is 0 Å². The van der Waals surface area contributed by atoms with Crippen LogP contribution in [0.5, 0.6) is 5.75 Å². The fourth-order valence-electron chi connectivity index (χ4n) is 3.40. The lowest BCUT2D eigenvalue weighted by Crippen LogP contribution is -2.30. The predicted molar refractivity (Wildman–Crippen MR) is 139 cm³/mol. The van der Waals surface area contributed by atoms with Crippen molar-refractivity contribution in [3.63, 3.8) is 0 Å². The standard InChI is InChI=1S/C25H18Br2FN3O7/c1-36-24(34)20-7-6-14(38-20)11-31-23(33)19(30-25(31)35)10-13-8-15(26)22(16(27)9-13)37-12-21(32)29-18-5-3-2-4-17(18)28/h2-10H,11-12H2,1H3,(H,29,32)(H,30,35)/b19-10-. The number of hydrogen-bond donors (Lipinski definition) is 2. The van der Waals surface area contributed by atoms with Crippen molar-refractivity contribution in [2.75, 3.05) is 19.0 Å². The van der Waals surface area contributed by atoms with Gasteiger partial charge < -0.3 is 24.5 Å². The molecule has 0 bridgehead atoms. The van der Waals surface area contributed by atoms with E-state index in [9.17, 15) is 23.6 Å². The van der Waals surface area contributed by atoms with E-state index in [0.29, 0.717) is 20.3 Å². The number of benzene rings is 2. The number of para-hydroxylation sites is 1. The van der Waals surface area contributed by atoms with Crippen LogP contribution >= 0.6 is 31.9 Å². The third kappa shape index (κ3) is 6.11. The lowest BCUT2D eigenvalue weighted by molar-refractivity contribution is -0.123. The van der Waals surface area contributed by atoms with Gasteiger partial charge in [0.25, 0.3) is 11.8 Å². The number of carbonyl (C=O) groups excluding carboxylic acids is 4. The lowest BCUT2D eigenvalue weighted by atomic mass is 10.2. The van der Waals surface area contributed by atoms with Crippen LogP contribution in [0.3, 0.4) is 0 Å². The summed E-state index contributed by atoms with van der Waals surface area (Å²) in [5.74, 6) is -1.92. The zero-order valence-electron chi connectivity index (χ0n) is 19.5. The number of urea groups is 1. The normalized spacial score (nSPS) is 14.0. The number of hydrogen-bond acceptors (Lipinski definition) is 7. The van der Waals surface area contributed by atoms with Gasteiger partial charge in [0.05, 0.1) is 28.3 Å². The summed E-state index contributed by atoms with van der Waals surface area (Å²) < 4.78 is 30.1. The molecule has 0 atom stereocenters. The summed E-state index contributed by atoms with van der Waals surface area (Å²) in [6, 6.07) is 11.2. The first-order valence-electron chi connectivity index (χ1n) is 10.8. The second-order valence-electron chi connectivity index (χ2n) is 7.77. The summed E-state index contributed by atoms with van der Waals surface area (Å²) in [7, 11) is 1.21. The van der Waals surface area contributed by atoms with Gasteiger partial charge in [-0.15, -0.1) is 0 Å². The summed E-state index contributed by atoms with van der Waals surface area (Å²) in [5.41, 5.74) is 0.587. The number of imide groups is 1. The molecule has 1 aliphatic heterocycles. The highest BCUT2D eigenvalue weighted by molar-refractivity contribution is 9.11. The Balaban J connectivity index is 1.42. The molecular formula is C25H18Br2FN3O7. The number of halogens is 3. The van der Waals surface area contributed by atoms with E-state index in [2.05, 4.69) is 47.2 Å². The number of furan rings is 1. The maximum absolute atomic E-state index is 13.7. The molecule has 4 rings (SSSR count). The van der Waals surface area contributed by atoms with Crippen LogP contribution in [-0.4, -0.2) is 42.4 Å². The average Bonchev–Trinajstić information content (AvgIpc) is 3.45. The van der Waals surface area contributed by atoms with Crippen molar-refractivity contribution >= 4 is 67.4 Å². The van der Waals surface area contributed by atoms with E-state index in [1.54, 1.807) is 18.2 Å². The van der Waals surface area contributed by atoms with Gasteiger partial charge in [-0.2, -0.15) is 0 Å². The van der Waals surface area contributed by atoms with Gasteiger partial charge in [0.15, 0.2) is 6.61 Å². The molecule has 2 heterocycles. The molecule has 0 saturated carbocycles. The Bertz CT molecular complexity index is 1450. The van der Waals surface area contributed by atoms with Gasteiger partial charge in [-0.1, -0.05) is 12.1 Å². The summed E-state index contributed by atoms with van der Waals surface area (Å²) in [6.45, 7) is -0.575. The molecule has 38 heavy (non-hydrogen) atoms. The van der Waals surface area contributed by atoms with E-state index >= 15 is 0 Å². The average molecular weight is 651 g/mol. The monoisotopic (exact) mass is 649 g/mol. The molecule has 0 unspecified atom stereocenters. The van der Waals surface area contributed by atoms with Crippen molar-refractivity contribution in [2.45, 2.75) is 6.54 Å². The minimum absolute atomic E-state index is 0.0199. The molecule has 2 N–H and O–H groups in total. The third-order valence-corrected chi connectivity index (χ3v) is 6.33. The van der Waals surface area contributed by atoms with Crippen LogP contribution in [0.25, 0.3) is 6.08 Å². The summed E-state index contributed by atoms with van der Waals surface area (Å²) in [6.07, 6.45) is 1.46. The Morgan fingerprint density at radius 3 is 2.53 bits per heavy atom. The Labute approximate surface area is 232 Å². The van der Waals surface area contributed by atoms with Gasteiger partial charge in [-0.3, -0.25) is 14.5 Å². The number of ether oxygens (including phenoxy) is 2. The number of amides is 4. The molecule has 13 heteroatoms. The first-order chi connectivity index (χ1) is 18.2. The van der Waals surface area contributed by atoms with Gasteiger partial charge >= 0.3 is 12.0 Å². The fraction of sp³-hybridized carbons (Fsp3) is 0.120. The maximum atomic E-state index is 13.7. The van der Waals surface area contributed by atoms with Crippen LogP contribution in [0, 0.1) is 5.82 Å². The van der Waals surface area contributed by atoms with E-state index in [4.69, 9.17) is 9.15 Å². The smallest absolute Gasteiger partial charge is 0.373 e. The molecule has 196 valence electrons. The summed E-state index contributed by atoms with van der Waals surface area (Å²) in [4.78, 5) is 49.9. The molecule has 0 spiro atoms. The largest absolute Gasteiger partial charge is 0.481 e. The van der Waals surface area contributed by atoms with E-state index < -0.39 is 29.6 Å². The number of anilines is 1. The third-order valence-electron chi connectivity index (χ3n) is 5.15. The molecule has 1 fully saturated rings. The van der Waals surface area contributed by atoms with E-state index in [1.165, 1.54) is 43.5 Å². The van der Waals surface area contributed by atoms with Crippen molar-refractivity contribution < 1.29 is 37.5 Å². The topological polar surface area (TPSA) is 127 Å². The van der Waals surface area contributed by atoms with E-state index in [-0.39, 0.29) is 36.1 Å². The maximum Gasteiger partial charge on any atom is 0.373 e. The Morgan fingerprint density at radius 2 is 1.84 bits per heavy atom. The van der Waals surface area contributed by atoms with Crippen LogP contribution in [0.1, 0.15) is 21.9 Å². The molecule has 1 aliphatic rings. The first kappa shape index (κ1) is 27.1. The number of carbonyl (C=O) groups is 4. The zero-order chi connectivity index (χ0) is 27.4. The Hall–Kier alpha value is -3.97.